The lowest BCUT2D eigenvalue weighted by Crippen LogP contribution is -2.14. The van der Waals surface area contributed by atoms with Crippen molar-refractivity contribution < 1.29 is 14.3 Å². The Hall–Kier alpha value is -3.08. The number of esters is 1. The fourth-order valence-electron chi connectivity index (χ4n) is 2.10. The summed E-state index contributed by atoms with van der Waals surface area (Å²) < 4.78 is 6.96. The fraction of sp³-hybridized carbons (Fsp3) is 0.0588. The Morgan fingerprint density at radius 1 is 1.05 bits per heavy atom. The lowest BCUT2D eigenvalue weighted by Gasteiger charge is -2.07. The highest BCUT2D eigenvalue weighted by molar-refractivity contribution is 5.98. The molecule has 0 atom stereocenters. The maximum Gasteiger partial charge on any atom is 0.338 e. The van der Waals surface area contributed by atoms with Crippen LogP contribution in [0.15, 0.2) is 67.1 Å². The number of hydrogen-bond acceptors (Lipinski definition) is 3. The second-order valence-electron chi connectivity index (χ2n) is 4.72. The summed E-state index contributed by atoms with van der Waals surface area (Å²) in [5, 5.41) is 0. The normalized spacial score (nSPS) is 10.4. The average molecular weight is 294 g/mol. The molecular weight excluding hydrogens is 280 g/mol. The Labute approximate surface area is 127 Å². The van der Waals surface area contributed by atoms with Gasteiger partial charge in [0.05, 0.1) is 11.3 Å². The summed E-state index contributed by atoms with van der Waals surface area (Å²) in [7, 11) is 0. The van der Waals surface area contributed by atoms with Gasteiger partial charge in [-0.05, 0) is 42.5 Å². The third-order valence-electron chi connectivity index (χ3n) is 3.22. The standard InChI is InChI=1S/C17H14N2O3/c20-16(15-7-4-8-18-15)12-22-17(21)13-5-3-6-14(11-13)19-9-1-2-10-19/h1-11,18H,12H2. The number of carbonyl (C=O) groups is 2. The van der Waals surface area contributed by atoms with E-state index in [4.69, 9.17) is 4.74 Å². The van der Waals surface area contributed by atoms with Gasteiger partial charge in [0.1, 0.15) is 0 Å². The summed E-state index contributed by atoms with van der Waals surface area (Å²) in [6, 6.07) is 14.2. The molecule has 1 N–H and O–H groups in total. The minimum absolute atomic E-state index is 0.264. The third kappa shape index (κ3) is 2.98. The lowest BCUT2D eigenvalue weighted by molar-refractivity contribution is 0.0473. The maximum absolute atomic E-state index is 12.0. The molecule has 1 aromatic carbocycles. The molecule has 2 heterocycles. The molecule has 5 heteroatoms. The maximum atomic E-state index is 12.0. The van der Waals surface area contributed by atoms with Gasteiger partial charge in [-0.1, -0.05) is 6.07 Å². The number of benzene rings is 1. The predicted molar refractivity (Wildman–Crippen MR) is 81.2 cm³/mol. The van der Waals surface area contributed by atoms with Gasteiger partial charge in [0.2, 0.25) is 5.78 Å². The Kier molecular flexibility index (Phi) is 3.87. The predicted octanol–water partition coefficient (Wildman–Crippen LogP) is 2.85. The molecule has 0 fully saturated rings. The van der Waals surface area contributed by atoms with E-state index in [1.165, 1.54) is 0 Å². The van der Waals surface area contributed by atoms with Gasteiger partial charge in [-0.15, -0.1) is 0 Å². The number of hydrogen-bond donors (Lipinski definition) is 1. The molecule has 0 aliphatic rings. The van der Waals surface area contributed by atoms with Gasteiger partial charge in [0.15, 0.2) is 6.61 Å². The number of Topliss-reactive ketones (excluding diaryl/α,β-unsaturated/α-hetero) is 1. The molecule has 0 saturated heterocycles. The number of aromatic nitrogens is 2. The van der Waals surface area contributed by atoms with Crippen LogP contribution in [0.3, 0.4) is 0 Å². The van der Waals surface area contributed by atoms with E-state index in [1.807, 2.05) is 35.2 Å². The molecule has 3 rings (SSSR count). The largest absolute Gasteiger partial charge is 0.454 e. The zero-order valence-corrected chi connectivity index (χ0v) is 11.7. The van der Waals surface area contributed by atoms with Gasteiger partial charge in [-0.2, -0.15) is 0 Å². The van der Waals surface area contributed by atoms with E-state index in [2.05, 4.69) is 4.98 Å². The quantitative estimate of drug-likeness (QED) is 0.581. The molecule has 5 nitrogen and oxygen atoms in total. The van der Waals surface area contributed by atoms with Crippen LogP contribution in [0, 0.1) is 0 Å². The molecule has 0 saturated carbocycles. The van der Waals surface area contributed by atoms with Gasteiger partial charge in [-0.3, -0.25) is 4.79 Å². The molecule has 2 aromatic heterocycles. The van der Waals surface area contributed by atoms with Gasteiger partial charge >= 0.3 is 5.97 Å². The summed E-state index contributed by atoms with van der Waals surface area (Å²) in [5.41, 5.74) is 1.69. The van der Waals surface area contributed by atoms with Crippen LogP contribution in [-0.4, -0.2) is 27.9 Å². The van der Waals surface area contributed by atoms with Crippen molar-refractivity contribution in [2.75, 3.05) is 6.61 Å². The van der Waals surface area contributed by atoms with Gasteiger partial charge in [0, 0.05) is 24.3 Å². The summed E-state index contributed by atoms with van der Waals surface area (Å²) in [4.78, 5) is 26.6. The second-order valence-corrected chi connectivity index (χ2v) is 4.72. The molecule has 0 bridgehead atoms. The number of aromatic amines is 1. The molecule has 22 heavy (non-hydrogen) atoms. The van der Waals surface area contributed by atoms with Crippen LogP contribution < -0.4 is 0 Å². The summed E-state index contributed by atoms with van der Waals surface area (Å²) in [6.07, 6.45) is 5.42. The van der Waals surface area contributed by atoms with E-state index < -0.39 is 5.97 Å². The number of nitrogens with zero attached hydrogens (tertiary/aromatic N) is 1. The first-order valence-corrected chi connectivity index (χ1v) is 6.81. The van der Waals surface area contributed by atoms with E-state index in [0.29, 0.717) is 11.3 Å². The van der Waals surface area contributed by atoms with Crippen LogP contribution in [0.25, 0.3) is 5.69 Å². The van der Waals surface area contributed by atoms with E-state index >= 15 is 0 Å². The molecule has 0 aliphatic heterocycles. The van der Waals surface area contributed by atoms with E-state index in [0.717, 1.165) is 5.69 Å². The van der Waals surface area contributed by atoms with Crippen molar-refractivity contribution in [3.8, 4) is 5.69 Å². The first kappa shape index (κ1) is 13.9. The molecule has 110 valence electrons. The number of ketones is 1. The molecule has 0 unspecified atom stereocenters. The highest BCUT2D eigenvalue weighted by Crippen LogP contribution is 2.12. The van der Waals surface area contributed by atoms with Crippen LogP contribution in [0.2, 0.25) is 0 Å². The molecule has 0 radical (unpaired) electrons. The topological polar surface area (TPSA) is 64.1 Å². The minimum Gasteiger partial charge on any atom is -0.454 e. The highest BCUT2D eigenvalue weighted by atomic mass is 16.5. The van der Waals surface area contributed by atoms with Gasteiger partial charge < -0.3 is 14.3 Å². The lowest BCUT2D eigenvalue weighted by atomic mass is 10.2. The van der Waals surface area contributed by atoms with E-state index in [1.54, 1.807) is 36.5 Å². The Morgan fingerprint density at radius 3 is 2.59 bits per heavy atom. The summed E-state index contributed by atoms with van der Waals surface area (Å²) in [5.74, 6) is -0.783. The van der Waals surface area contributed by atoms with Crippen molar-refractivity contribution in [1.82, 2.24) is 9.55 Å². The Balaban J connectivity index is 1.68. The van der Waals surface area contributed by atoms with Gasteiger partial charge in [-0.25, -0.2) is 4.79 Å². The Morgan fingerprint density at radius 2 is 1.86 bits per heavy atom. The molecule has 3 aromatic rings. The molecule has 0 spiro atoms. The number of carbonyl (C=O) groups excluding carboxylic acids is 2. The molecular formula is C17H14N2O3. The van der Waals surface area contributed by atoms with Crippen molar-refractivity contribution >= 4 is 11.8 Å². The minimum atomic E-state index is -0.520. The average Bonchev–Trinajstić information content (AvgIpc) is 3.25. The van der Waals surface area contributed by atoms with E-state index in [-0.39, 0.29) is 12.4 Å². The van der Waals surface area contributed by atoms with Crippen molar-refractivity contribution in [2.24, 2.45) is 0 Å². The molecule has 0 amide bonds. The van der Waals surface area contributed by atoms with Crippen LogP contribution in [0.1, 0.15) is 20.8 Å². The third-order valence-corrected chi connectivity index (χ3v) is 3.22. The number of H-pyrrole nitrogens is 1. The van der Waals surface area contributed by atoms with E-state index in [9.17, 15) is 9.59 Å². The summed E-state index contributed by atoms with van der Waals surface area (Å²) in [6.45, 7) is -0.285. The molecule has 0 aliphatic carbocycles. The fourth-order valence-corrected chi connectivity index (χ4v) is 2.10. The number of rotatable bonds is 5. The monoisotopic (exact) mass is 294 g/mol. The van der Waals surface area contributed by atoms with Crippen LogP contribution in [0.4, 0.5) is 0 Å². The first-order chi connectivity index (χ1) is 10.7. The van der Waals surface area contributed by atoms with Gasteiger partial charge in [0.25, 0.3) is 0 Å². The first-order valence-electron chi connectivity index (χ1n) is 6.81. The van der Waals surface area contributed by atoms with Crippen molar-refractivity contribution in [3.05, 3.63) is 78.4 Å². The zero-order chi connectivity index (χ0) is 15.4. The number of nitrogens with one attached hydrogen (secondary N) is 1. The van der Waals surface area contributed by atoms with Crippen LogP contribution in [0.5, 0.6) is 0 Å². The van der Waals surface area contributed by atoms with Crippen molar-refractivity contribution in [1.29, 1.82) is 0 Å². The van der Waals surface area contributed by atoms with Crippen molar-refractivity contribution in [2.45, 2.75) is 0 Å². The van der Waals surface area contributed by atoms with Crippen LogP contribution >= 0.6 is 0 Å². The smallest absolute Gasteiger partial charge is 0.338 e. The van der Waals surface area contributed by atoms with Crippen LogP contribution in [-0.2, 0) is 4.74 Å². The van der Waals surface area contributed by atoms with Crippen molar-refractivity contribution in [3.63, 3.8) is 0 Å². The summed E-state index contributed by atoms with van der Waals surface area (Å²) >= 11 is 0. The number of ether oxygens (including phenoxy) is 1. The second kappa shape index (κ2) is 6.13. The zero-order valence-electron chi connectivity index (χ0n) is 11.7. The Bertz CT molecular complexity index is 774. The SMILES string of the molecule is O=C(OCC(=O)c1ccc[nH]1)c1cccc(-n2cccc2)c1. The highest BCUT2D eigenvalue weighted by Gasteiger charge is 2.12.